The number of carbonyl (C=O) groups is 2. The summed E-state index contributed by atoms with van der Waals surface area (Å²) in [5.74, 6) is -0.219. The molecular weight excluding hydrogens is 194 g/mol. The molecule has 2 N–H and O–H groups in total. The second kappa shape index (κ2) is 3.90. The maximum atomic E-state index is 11.7. The van der Waals surface area contributed by atoms with E-state index in [4.69, 9.17) is 5.73 Å². The van der Waals surface area contributed by atoms with Crippen LogP contribution in [0.5, 0.6) is 0 Å². The summed E-state index contributed by atoms with van der Waals surface area (Å²) in [6.07, 6.45) is 0.791. The van der Waals surface area contributed by atoms with Crippen LogP contribution in [0.25, 0.3) is 0 Å². The topological polar surface area (TPSA) is 66.6 Å². The van der Waals surface area contributed by atoms with Crippen LogP contribution in [0.2, 0.25) is 0 Å². The zero-order chi connectivity index (χ0) is 11.0. The van der Waals surface area contributed by atoms with Gasteiger partial charge in [0, 0.05) is 26.7 Å². The van der Waals surface area contributed by atoms with Gasteiger partial charge < -0.3 is 10.6 Å². The number of carbonyl (C=O) groups excluding carboxylic acids is 2. The number of imide groups is 1. The summed E-state index contributed by atoms with van der Waals surface area (Å²) in [5.41, 5.74) is 5.48. The van der Waals surface area contributed by atoms with Crippen molar-refractivity contribution in [2.75, 3.05) is 33.2 Å². The number of hydrogen-bond acceptors (Lipinski definition) is 4. The van der Waals surface area contributed by atoms with E-state index in [2.05, 4.69) is 4.90 Å². The normalized spacial score (nSPS) is 32.3. The molecule has 84 valence electrons. The molecule has 5 nitrogen and oxygen atoms in total. The van der Waals surface area contributed by atoms with Gasteiger partial charge in [0.05, 0.1) is 11.8 Å². The predicted octanol–water partition coefficient (Wildman–Crippen LogP) is -1.12. The van der Waals surface area contributed by atoms with Crippen molar-refractivity contribution in [1.82, 2.24) is 9.80 Å². The van der Waals surface area contributed by atoms with E-state index >= 15 is 0 Å². The van der Waals surface area contributed by atoms with Crippen LogP contribution in [0.3, 0.4) is 0 Å². The molecule has 0 spiro atoms. The molecule has 0 aromatic rings. The Labute approximate surface area is 89.2 Å². The van der Waals surface area contributed by atoms with Gasteiger partial charge >= 0.3 is 0 Å². The van der Waals surface area contributed by atoms with Gasteiger partial charge in [0.2, 0.25) is 11.8 Å². The summed E-state index contributed by atoms with van der Waals surface area (Å²) >= 11 is 0. The highest BCUT2D eigenvalue weighted by Crippen LogP contribution is 2.32. The molecule has 2 fully saturated rings. The fraction of sp³-hybridized carbons (Fsp3) is 0.800. The molecule has 2 amide bonds. The van der Waals surface area contributed by atoms with Crippen LogP contribution in [0.15, 0.2) is 0 Å². The number of fused-ring (bicyclic) bond motifs is 1. The van der Waals surface area contributed by atoms with E-state index in [9.17, 15) is 9.59 Å². The summed E-state index contributed by atoms with van der Waals surface area (Å²) in [6.45, 7) is 2.99. The number of hydrogen-bond donors (Lipinski definition) is 1. The molecule has 0 aliphatic carbocycles. The van der Waals surface area contributed by atoms with E-state index in [0.717, 1.165) is 19.5 Å². The molecule has 2 aliphatic heterocycles. The third-order valence-corrected chi connectivity index (χ3v) is 3.44. The lowest BCUT2D eigenvalue weighted by Crippen LogP contribution is -2.43. The molecule has 5 heteroatoms. The maximum absolute atomic E-state index is 11.7. The first-order chi connectivity index (χ1) is 7.15. The summed E-state index contributed by atoms with van der Waals surface area (Å²) in [4.78, 5) is 26.9. The Balaban J connectivity index is 2.08. The third-order valence-electron chi connectivity index (χ3n) is 3.44. The van der Waals surface area contributed by atoms with Crippen LogP contribution in [0, 0.1) is 11.8 Å². The van der Waals surface area contributed by atoms with Gasteiger partial charge in [-0.3, -0.25) is 14.5 Å². The predicted molar refractivity (Wildman–Crippen MR) is 54.9 cm³/mol. The molecule has 2 saturated heterocycles. The fourth-order valence-electron chi connectivity index (χ4n) is 2.56. The fourth-order valence-corrected chi connectivity index (χ4v) is 2.56. The molecule has 2 heterocycles. The monoisotopic (exact) mass is 211 g/mol. The second-order valence-electron chi connectivity index (χ2n) is 4.33. The van der Waals surface area contributed by atoms with Gasteiger partial charge in [-0.1, -0.05) is 0 Å². The first-order valence-corrected chi connectivity index (χ1v) is 5.39. The van der Waals surface area contributed by atoms with E-state index in [1.54, 1.807) is 7.05 Å². The highest BCUT2D eigenvalue weighted by Gasteiger charge is 2.47. The van der Waals surface area contributed by atoms with Crippen LogP contribution in [0.4, 0.5) is 0 Å². The quantitative estimate of drug-likeness (QED) is 0.588. The Morgan fingerprint density at radius 1 is 1.33 bits per heavy atom. The largest absolute Gasteiger partial charge is 0.329 e. The number of amides is 2. The lowest BCUT2D eigenvalue weighted by molar-refractivity contribution is -0.138. The van der Waals surface area contributed by atoms with Crippen molar-refractivity contribution in [3.63, 3.8) is 0 Å². The van der Waals surface area contributed by atoms with Crippen molar-refractivity contribution in [2.24, 2.45) is 17.6 Å². The maximum Gasteiger partial charge on any atom is 0.234 e. The number of likely N-dealkylation sites (tertiary alicyclic amines) is 2. The lowest BCUT2D eigenvalue weighted by atomic mass is 9.88. The molecule has 2 aliphatic rings. The molecular formula is C10H17N3O2. The van der Waals surface area contributed by atoms with Crippen molar-refractivity contribution in [3.05, 3.63) is 0 Å². The van der Waals surface area contributed by atoms with Gasteiger partial charge in [0.25, 0.3) is 0 Å². The Morgan fingerprint density at radius 3 is 2.67 bits per heavy atom. The van der Waals surface area contributed by atoms with E-state index in [1.165, 1.54) is 4.90 Å². The smallest absolute Gasteiger partial charge is 0.234 e. The van der Waals surface area contributed by atoms with Gasteiger partial charge in [-0.2, -0.15) is 0 Å². The molecule has 0 unspecified atom stereocenters. The molecule has 2 rings (SSSR count). The average molecular weight is 211 g/mol. The van der Waals surface area contributed by atoms with Crippen LogP contribution in [-0.4, -0.2) is 54.8 Å². The Hall–Kier alpha value is -0.940. The van der Waals surface area contributed by atoms with Crippen molar-refractivity contribution in [1.29, 1.82) is 0 Å². The summed E-state index contributed by atoms with van der Waals surface area (Å²) in [6, 6.07) is 0. The van der Waals surface area contributed by atoms with Crippen LogP contribution < -0.4 is 5.73 Å². The van der Waals surface area contributed by atoms with Gasteiger partial charge in [0.1, 0.15) is 0 Å². The zero-order valence-electron chi connectivity index (χ0n) is 8.98. The van der Waals surface area contributed by atoms with E-state index in [0.29, 0.717) is 13.1 Å². The zero-order valence-corrected chi connectivity index (χ0v) is 8.98. The summed E-state index contributed by atoms with van der Waals surface area (Å²) < 4.78 is 0. The molecule has 0 bridgehead atoms. The minimum Gasteiger partial charge on any atom is -0.329 e. The SMILES string of the molecule is CN1C(=O)[C@@H]2CCN(CCN)C[C@H]2C1=O. The third kappa shape index (κ3) is 1.66. The number of piperidine rings is 1. The lowest BCUT2D eigenvalue weighted by Gasteiger charge is -2.31. The van der Waals surface area contributed by atoms with Crippen molar-refractivity contribution in [2.45, 2.75) is 6.42 Å². The molecule has 2 atom stereocenters. The van der Waals surface area contributed by atoms with Crippen LogP contribution in [0.1, 0.15) is 6.42 Å². The first kappa shape index (κ1) is 10.6. The van der Waals surface area contributed by atoms with Gasteiger partial charge in [-0.05, 0) is 13.0 Å². The van der Waals surface area contributed by atoms with Gasteiger partial charge in [0.15, 0.2) is 0 Å². The van der Waals surface area contributed by atoms with E-state index in [1.807, 2.05) is 0 Å². The Kier molecular flexibility index (Phi) is 2.75. The van der Waals surface area contributed by atoms with Gasteiger partial charge in [-0.25, -0.2) is 0 Å². The minimum absolute atomic E-state index is 0.00241. The molecule has 0 aromatic heterocycles. The average Bonchev–Trinajstić information content (AvgIpc) is 2.45. The standard InChI is InChI=1S/C10H17N3O2/c1-12-9(14)7-2-4-13(5-3-11)6-8(7)10(12)15/h7-8H,2-6,11H2,1H3/t7-,8-/m1/s1. The van der Waals surface area contributed by atoms with Crippen LogP contribution in [-0.2, 0) is 9.59 Å². The summed E-state index contributed by atoms with van der Waals surface area (Å²) in [5, 5.41) is 0. The molecule has 0 radical (unpaired) electrons. The summed E-state index contributed by atoms with van der Waals surface area (Å²) in [7, 11) is 1.58. The van der Waals surface area contributed by atoms with Crippen molar-refractivity contribution < 1.29 is 9.59 Å². The minimum atomic E-state index is -0.122. The highest BCUT2D eigenvalue weighted by atomic mass is 16.2. The van der Waals surface area contributed by atoms with Crippen LogP contribution >= 0.6 is 0 Å². The van der Waals surface area contributed by atoms with E-state index < -0.39 is 0 Å². The first-order valence-electron chi connectivity index (χ1n) is 5.39. The van der Waals surface area contributed by atoms with Crippen molar-refractivity contribution in [3.8, 4) is 0 Å². The molecule has 15 heavy (non-hydrogen) atoms. The van der Waals surface area contributed by atoms with Gasteiger partial charge in [-0.15, -0.1) is 0 Å². The Bertz CT molecular complexity index is 292. The second-order valence-corrected chi connectivity index (χ2v) is 4.33. The number of nitrogens with two attached hydrogens (primary N) is 1. The molecule has 0 saturated carbocycles. The Morgan fingerprint density at radius 2 is 2.00 bits per heavy atom. The van der Waals surface area contributed by atoms with E-state index in [-0.39, 0.29) is 23.7 Å². The number of nitrogens with zero attached hydrogens (tertiary/aromatic N) is 2. The number of rotatable bonds is 2. The highest BCUT2D eigenvalue weighted by molar-refractivity contribution is 6.05. The van der Waals surface area contributed by atoms with Crippen molar-refractivity contribution >= 4 is 11.8 Å². The molecule has 0 aromatic carbocycles.